The van der Waals surface area contributed by atoms with Crippen molar-refractivity contribution in [3.8, 4) is 10.8 Å². The van der Waals surface area contributed by atoms with Crippen molar-refractivity contribution in [2.45, 2.75) is 26.7 Å². The topological polar surface area (TPSA) is 75.4 Å². The number of nitrogens with one attached hydrogen (secondary N) is 1. The predicted octanol–water partition coefficient (Wildman–Crippen LogP) is 2.52. The maximum Gasteiger partial charge on any atom is 0.263 e. The number of aromatic nitrogens is 1. The molecule has 1 aliphatic carbocycles. The number of carbonyl (C=O) groups excluding carboxylic acids is 1. The number of amides is 1. The lowest BCUT2D eigenvalue weighted by atomic mass is 10.1. The first kappa shape index (κ1) is 14.3. The van der Waals surface area contributed by atoms with Crippen LogP contribution in [-0.4, -0.2) is 29.1 Å². The van der Waals surface area contributed by atoms with Gasteiger partial charge in [0.2, 0.25) is 0 Å². The SMILES string of the molecule is Cc1ccc(-c2nc(C)c(C(=O)NCC3(CO)CC3)s2)o1. The van der Waals surface area contributed by atoms with Gasteiger partial charge in [-0.15, -0.1) is 11.3 Å². The van der Waals surface area contributed by atoms with Gasteiger partial charge in [0, 0.05) is 12.0 Å². The third-order valence-electron chi connectivity index (χ3n) is 3.87. The zero-order valence-electron chi connectivity index (χ0n) is 12.1. The number of aliphatic hydroxyl groups is 1. The number of thiazole rings is 1. The normalized spacial score (nSPS) is 16.0. The number of furan rings is 1. The van der Waals surface area contributed by atoms with Crippen molar-refractivity contribution in [2.24, 2.45) is 5.41 Å². The van der Waals surface area contributed by atoms with Crippen LogP contribution >= 0.6 is 11.3 Å². The van der Waals surface area contributed by atoms with Crippen molar-refractivity contribution < 1.29 is 14.3 Å². The van der Waals surface area contributed by atoms with Gasteiger partial charge in [-0.05, 0) is 38.8 Å². The van der Waals surface area contributed by atoms with E-state index in [0.717, 1.165) is 18.6 Å². The number of aliphatic hydroxyl groups excluding tert-OH is 1. The molecule has 5 nitrogen and oxygen atoms in total. The van der Waals surface area contributed by atoms with Gasteiger partial charge in [0.25, 0.3) is 5.91 Å². The van der Waals surface area contributed by atoms with Gasteiger partial charge in [-0.3, -0.25) is 4.79 Å². The van der Waals surface area contributed by atoms with Gasteiger partial charge in [-0.25, -0.2) is 4.98 Å². The van der Waals surface area contributed by atoms with E-state index in [0.29, 0.717) is 27.9 Å². The summed E-state index contributed by atoms with van der Waals surface area (Å²) in [4.78, 5) is 17.3. The monoisotopic (exact) mass is 306 g/mol. The molecule has 0 atom stereocenters. The number of rotatable bonds is 5. The molecule has 1 aliphatic rings. The Morgan fingerprint density at radius 2 is 2.24 bits per heavy atom. The highest BCUT2D eigenvalue weighted by Gasteiger charge is 2.42. The number of nitrogens with zero attached hydrogens (tertiary/aromatic N) is 1. The maximum absolute atomic E-state index is 12.3. The summed E-state index contributed by atoms with van der Waals surface area (Å²) in [5, 5.41) is 12.9. The molecule has 0 bridgehead atoms. The molecule has 3 rings (SSSR count). The molecule has 1 fully saturated rings. The summed E-state index contributed by atoms with van der Waals surface area (Å²) in [5.74, 6) is 1.38. The van der Waals surface area contributed by atoms with Crippen LogP contribution in [0.1, 0.15) is 34.0 Å². The van der Waals surface area contributed by atoms with Gasteiger partial charge in [0.05, 0.1) is 12.3 Å². The Hall–Kier alpha value is -1.66. The molecule has 0 saturated heterocycles. The van der Waals surface area contributed by atoms with E-state index in [4.69, 9.17) is 4.42 Å². The van der Waals surface area contributed by atoms with E-state index in [1.54, 1.807) is 0 Å². The van der Waals surface area contributed by atoms with Crippen LogP contribution in [0.15, 0.2) is 16.5 Å². The smallest absolute Gasteiger partial charge is 0.263 e. The highest BCUT2D eigenvalue weighted by atomic mass is 32.1. The summed E-state index contributed by atoms with van der Waals surface area (Å²) in [6.45, 7) is 4.35. The van der Waals surface area contributed by atoms with E-state index >= 15 is 0 Å². The molecule has 2 aromatic rings. The fourth-order valence-corrected chi connectivity index (χ4v) is 3.12. The summed E-state index contributed by atoms with van der Waals surface area (Å²) in [6.07, 6.45) is 1.95. The molecule has 1 saturated carbocycles. The van der Waals surface area contributed by atoms with Crippen LogP contribution in [0.25, 0.3) is 10.8 Å². The van der Waals surface area contributed by atoms with Crippen molar-refractivity contribution in [1.29, 1.82) is 0 Å². The van der Waals surface area contributed by atoms with E-state index in [2.05, 4.69) is 10.3 Å². The fourth-order valence-electron chi connectivity index (χ4n) is 2.18. The molecule has 0 unspecified atom stereocenters. The zero-order valence-corrected chi connectivity index (χ0v) is 12.9. The molecule has 112 valence electrons. The van der Waals surface area contributed by atoms with Crippen LogP contribution < -0.4 is 5.32 Å². The first-order valence-corrected chi connectivity index (χ1v) is 7.78. The number of hydrogen-bond donors (Lipinski definition) is 2. The molecule has 0 aromatic carbocycles. The number of aryl methyl sites for hydroxylation is 2. The third kappa shape index (κ3) is 2.87. The average molecular weight is 306 g/mol. The second-order valence-corrected chi connectivity index (χ2v) is 6.68. The maximum atomic E-state index is 12.3. The molecule has 2 heterocycles. The molecule has 0 radical (unpaired) electrons. The van der Waals surface area contributed by atoms with Gasteiger partial charge in [0.15, 0.2) is 10.8 Å². The van der Waals surface area contributed by atoms with Crippen LogP contribution in [0.2, 0.25) is 0 Å². The minimum absolute atomic E-state index is 0.0881. The van der Waals surface area contributed by atoms with Crippen LogP contribution in [0.4, 0.5) is 0 Å². The predicted molar refractivity (Wildman–Crippen MR) is 80.4 cm³/mol. The second-order valence-electron chi connectivity index (χ2n) is 5.68. The summed E-state index contributed by atoms with van der Waals surface area (Å²) < 4.78 is 5.54. The highest BCUT2D eigenvalue weighted by molar-refractivity contribution is 7.17. The Morgan fingerprint density at radius 3 is 2.81 bits per heavy atom. The Kier molecular flexibility index (Phi) is 3.59. The lowest BCUT2D eigenvalue weighted by Gasteiger charge is -2.11. The van der Waals surface area contributed by atoms with Crippen molar-refractivity contribution in [1.82, 2.24) is 10.3 Å². The molecule has 21 heavy (non-hydrogen) atoms. The Morgan fingerprint density at radius 1 is 1.48 bits per heavy atom. The van der Waals surface area contributed by atoms with E-state index in [1.165, 1.54) is 11.3 Å². The third-order valence-corrected chi connectivity index (χ3v) is 5.04. The van der Waals surface area contributed by atoms with Crippen molar-refractivity contribution in [3.63, 3.8) is 0 Å². The molecule has 2 N–H and O–H groups in total. The lowest BCUT2D eigenvalue weighted by molar-refractivity contribution is 0.0938. The molecular formula is C15H18N2O3S. The van der Waals surface area contributed by atoms with E-state index in [1.807, 2.05) is 26.0 Å². The Balaban J connectivity index is 1.73. The quantitative estimate of drug-likeness (QED) is 0.890. The van der Waals surface area contributed by atoms with Gasteiger partial charge < -0.3 is 14.8 Å². The van der Waals surface area contributed by atoms with Crippen molar-refractivity contribution in [3.05, 3.63) is 28.5 Å². The van der Waals surface area contributed by atoms with Crippen molar-refractivity contribution in [2.75, 3.05) is 13.2 Å². The molecule has 2 aromatic heterocycles. The fraction of sp³-hybridized carbons (Fsp3) is 0.467. The molecule has 0 aliphatic heterocycles. The van der Waals surface area contributed by atoms with E-state index < -0.39 is 0 Å². The van der Waals surface area contributed by atoms with Gasteiger partial charge >= 0.3 is 0 Å². The molecule has 6 heteroatoms. The van der Waals surface area contributed by atoms with Gasteiger partial charge in [0.1, 0.15) is 10.6 Å². The van der Waals surface area contributed by atoms with Crippen LogP contribution in [0.3, 0.4) is 0 Å². The molecular weight excluding hydrogens is 288 g/mol. The largest absolute Gasteiger partial charge is 0.459 e. The minimum atomic E-state index is -0.126. The molecule has 0 spiro atoms. The Bertz CT molecular complexity index is 670. The standard InChI is InChI=1S/C15H18N2O3S/c1-9-3-4-11(20-9)14-17-10(2)12(21-14)13(19)16-7-15(8-18)5-6-15/h3-4,18H,5-8H2,1-2H3,(H,16,19). The van der Waals surface area contributed by atoms with Crippen molar-refractivity contribution >= 4 is 17.2 Å². The van der Waals surface area contributed by atoms with Crippen LogP contribution in [0.5, 0.6) is 0 Å². The zero-order chi connectivity index (χ0) is 15.0. The van der Waals surface area contributed by atoms with Gasteiger partial charge in [-0.2, -0.15) is 0 Å². The number of hydrogen-bond acceptors (Lipinski definition) is 5. The van der Waals surface area contributed by atoms with E-state index in [9.17, 15) is 9.90 Å². The molecule has 1 amide bonds. The second kappa shape index (κ2) is 5.27. The first-order chi connectivity index (χ1) is 10.0. The highest BCUT2D eigenvalue weighted by Crippen LogP contribution is 2.44. The number of carbonyl (C=O) groups is 1. The van der Waals surface area contributed by atoms with Crippen LogP contribution in [0, 0.1) is 19.3 Å². The summed E-state index contributed by atoms with van der Waals surface area (Å²) in [5.41, 5.74) is 0.616. The average Bonchev–Trinajstić information content (AvgIpc) is 2.96. The van der Waals surface area contributed by atoms with Gasteiger partial charge in [-0.1, -0.05) is 0 Å². The Labute approximate surface area is 127 Å². The van der Waals surface area contributed by atoms with Crippen LogP contribution in [-0.2, 0) is 0 Å². The summed E-state index contributed by atoms with van der Waals surface area (Å²) in [7, 11) is 0. The minimum Gasteiger partial charge on any atom is -0.459 e. The lowest BCUT2D eigenvalue weighted by Crippen LogP contribution is -2.31. The first-order valence-electron chi connectivity index (χ1n) is 6.96. The summed E-state index contributed by atoms with van der Waals surface area (Å²) >= 11 is 1.33. The van der Waals surface area contributed by atoms with E-state index in [-0.39, 0.29) is 17.9 Å². The summed E-state index contributed by atoms with van der Waals surface area (Å²) in [6, 6.07) is 3.74.